The van der Waals surface area contributed by atoms with E-state index in [1.54, 1.807) is 0 Å². The van der Waals surface area contributed by atoms with Crippen LogP contribution in [0.15, 0.2) is 39.9 Å². The van der Waals surface area contributed by atoms with Gasteiger partial charge in [-0.2, -0.15) is 0 Å². The molecular weight excluding hydrogens is 448 g/mol. The van der Waals surface area contributed by atoms with Crippen LogP contribution in [0.4, 0.5) is 11.5 Å². The van der Waals surface area contributed by atoms with Gasteiger partial charge in [0, 0.05) is 20.2 Å². The molecule has 1 aromatic heterocycles. The Morgan fingerprint density at radius 2 is 1.88 bits per heavy atom. The number of rotatable bonds is 12. The highest BCUT2D eigenvalue weighted by Crippen LogP contribution is 2.18. The molecule has 182 valence electrons. The zero-order valence-corrected chi connectivity index (χ0v) is 20.1. The Morgan fingerprint density at radius 1 is 1.21 bits per heavy atom. The molecule has 0 saturated heterocycles. The predicted octanol–water partition coefficient (Wildman–Crippen LogP) is 0.802. The number of nitrogens with zero attached hydrogens (tertiary/aromatic N) is 2. The maximum Gasteiger partial charge on any atom is 0.330 e. The van der Waals surface area contributed by atoms with E-state index in [1.807, 2.05) is 44.2 Å². The molecule has 0 aliphatic heterocycles. The van der Waals surface area contributed by atoms with Gasteiger partial charge in [-0.05, 0) is 24.3 Å². The average molecular weight is 481 g/mol. The summed E-state index contributed by atoms with van der Waals surface area (Å²) in [5.74, 6) is -1.92. The molecule has 1 heterocycles. The number of hydrogen-bond acceptors (Lipinski definition) is 7. The lowest BCUT2D eigenvalue weighted by atomic mass is 10.1. The fourth-order valence-electron chi connectivity index (χ4n) is 3.41. The van der Waals surface area contributed by atoms with Crippen LogP contribution < -0.4 is 21.9 Å². The number of carbonyl (C=O) groups excluding carboxylic acids is 1. The fraction of sp³-hybridized carbons (Fsp3) is 0.500. The van der Waals surface area contributed by atoms with E-state index < -0.39 is 32.7 Å². The van der Waals surface area contributed by atoms with E-state index in [1.165, 1.54) is 11.7 Å². The number of aromatic amines is 1. The number of sulfone groups is 1. The van der Waals surface area contributed by atoms with Crippen LogP contribution in [-0.2, 0) is 32.3 Å². The smallest absolute Gasteiger partial charge is 0.330 e. The number of aromatic nitrogens is 2. The molecule has 2 rings (SSSR count). The minimum atomic E-state index is -3.75. The number of amides is 1. The Hall–Kier alpha value is -2.92. The van der Waals surface area contributed by atoms with E-state index >= 15 is 0 Å². The summed E-state index contributed by atoms with van der Waals surface area (Å²) < 4.78 is 31.4. The molecule has 0 fully saturated rings. The van der Waals surface area contributed by atoms with Crippen molar-refractivity contribution in [3.05, 3.63) is 56.7 Å². The standard InChI is InChI=1S/C22H32N4O6S/c1-16(2)14-26-20(23)19(21(28)24-22(26)29)25(11-12-32-3)18(27)15-33(30,31)13-7-10-17-8-5-4-6-9-17/h4-6,8-9,16H,7,10-15,23H2,1-3H3,(H,24,28,29). The molecule has 0 spiro atoms. The number of nitrogens with two attached hydrogens (primary N) is 1. The van der Waals surface area contributed by atoms with Crippen LogP contribution in [0.2, 0.25) is 0 Å². The van der Waals surface area contributed by atoms with Crippen molar-refractivity contribution in [1.82, 2.24) is 9.55 Å². The molecule has 0 radical (unpaired) electrons. The van der Waals surface area contributed by atoms with Gasteiger partial charge in [0.1, 0.15) is 11.6 Å². The third-order valence-corrected chi connectivity index (χ3v) is 6.56. The van der Waals surface area contributed by atoms with Gasteiger partial charge in [0.2, 0.25) is 5.91 Å². The molecular formula is C22H32N4O6S. The minimum absolute atomic E-state index is 0.0388. The lowest BCUT2D eigenvalue weighted by molar-refractivity contribution is -0.116. The van der Waals surface area contributed by atoms with Crippen molar-refractivity contribution in [2.24, 2.45) is 5.92 Å². The topological polar surface area (TPSA) is 145 Å². The second-order valence-electron chi connectivity index (χ2n) is 8.22. The Labute approximate surface area is 193 Å². The molecule has 0 bridgehead atoms. The first-order valence-electron chi connectivity index (χ1n) is 10.7. The second kappa shape index (κ2) is 11.8. The summed E-state index contributed by atoms with van der Waals surface area (Å²) in [4.78, 5) is 41.0. The van der Waals surface area contributed by atoms with Crippen LogP contribution in [0, 0.1) is 5.92 Å². The lowest BCUT2D eigenvalue weighted by Crippen LogP contribution is -2.45. The van der Waals surface area contributed by atoms with Crippen molar-refractivity contribution in [1.29, 1.82) is 0 Å². The Balaban J connectivity index is 2.26. The highest BCUT2D eigenvalue weighted by Gasteiger charge is 2.28. The summed E-state index contributed by atoms with van der Waals surface area (Å²) in [6.45, 7) is 3.90. The van der Waals surface area contributed by atoms with Crippen molar-refractivity contribution in [2.45, 2.75) is 33.2 Å². The number of carbonyl (C=O) groups is 1. The summed E-state index contributed by atoms with van der Waals surface area (Å²) in [5, 5.41) is 0. The monoisotopic (exact) mass is 480 g/mol. The van der Waals surface area contributed by atoms with Gasteiger partial charge >= 0.3 is 5.69 Å². The normalized spacial score (nSPS) is 11.6. The predicted molar refractivity (Wildman–Crippen MR) is 128 cm³/mol. The largest absolute Gasteiger partial charge is 0.383 e. The van der Waals surface area contributed by atoms with Crippen molar-refractivity contribution < 1.29 is 17.9 Å². The maximum absolute atomic E-state index is 13.0. The fourth-order valence-corrected chi connectivity index (χ4v) is 4.67. The van der Waals surface area contributed by atoms with Crippen molar-refractivity contribution in [3.63, 3.8) is 0 Å². The molecule has 33 heavy (non-hydrogen) atoms. The van der Waals surface area contributed by atoms with Gasteiger partial charge in [0.05, 0.1) is 12.4 Å². The van der Waals surface area contributed by atoms with Gasteiger partial charge in [-0.25, -0.2) is 13.2 Å². The lowest BCUT2D eigenvalue weighted by Gasteiger charge is -2.24. The molecule has 0 atom stereocenters. The number of methoxy groups -OCH3 is 1. The molecule has 0 saturated carbocycles. The molecule has 2 aromatic rings. The van der Waals surface area contributed by atoms with E-state index in [0.717, 1.165) is 10.5 Å². The first-order chi connectivity index (χ1) is 15.6. The van der Waals surface area contributed by atoms with Crippen LogP contribution in [0.5, 0.6) is 0 Å². The molecule has 1 aromatic carbocycles. The van der Waals surface area contributed by atoms with Gasteiger partial charge in [0.15, 0.2) is 15.5 Å². The molecule has 0 aliphatic rings. The van der Waals surface area contributed by atoms with E-state index in [4.69, 9.17) is 10.5 Å². The number of nitrogen functional groups attached to an aromatic ring is 1. The van der Waals surface area contributed by atoms with Crippen LogP contribution in [0.25, 0.3) is 0 Å². The number of benzene rings is 1. The first-order valence-corrected chi connectivity index (χ1v) is 12.5. The summed E-state index contributed by atoms with van der Waals surface area (Å²) in [5.41, 5.74) is 5.31. The number of ether oxygens (including phenoxy) is 1. The van der Waals surface area contributed by atoms with Gasteiger partial charge in [-0.15, -0.1) is 0 Å². The van der Waals surface area contributed by atoms with E-state index in [9.17, 15) is 22.8 Å². The zero-order chi connectivity index (χ0) is 24.6. The summed E-state index contributed by atoms with van der Waals surface area (Å²) >= 11 is 0. The number of anilines is 2. The van der Waals surface area contributed by atoms with Gasteiger partial charge in [0.25, 0.3) is 5.56 Å². The molecule has 10 nitrogen and oxygen atoms in total. The van der Waals surface area contributed by atoms with Crippen LogP contribution in [-0.4, -0.2) is 55.6 Å². The third-order valence-electron chi connectivity index (χ3n) is 4.96. The van der Waals surface area contributed by atoms with Crippen molar-refractivity contribution in [2.75, 3.05) is 42.4 Å². The SMILES string of the molecule is COCCN(C(=O)CS(=O)(=O)CCCc1ccccc1)c1c(N)n(CC(C)C)c(=O)[nH]c1=O. The van der Waals surface area contributed by atoms with E-state index in [2.05, 4.69) is 4.98 Å². The summed E-state index contributed by atoms with van der Waals surface area (Å²) in [7, 11) is -2.33. The number of hydrogen-bond donors (Lipinski definition) is 2. The maximum atomic E-state index is 13.0. The Morgan fingerprint density at radius 3 is 2.48 bits per heavy atom. The summed E-state index contributed by atoms with van der Waals surface area (Å²) in [6, 6.07) is 9.45. The average Bonchev–Trinajstić information content (AvgIpc) is 2.73. The van der Waals surface area contributed by atoms with Gasteiger partial charge in [-0.1, -0.05) is 44.2 Å². The van der Waals surface area contributed by atoms with Crippen LogP contribution in [0.1, 0.15) is 25.8 Å². The third kappa shape index (κ3) is 7.57. The highest BCUT2D eigenvalue weighted by molar-refractivity contribution is 7.92. The second-order valence-corrected chi connectivity index (χ2v) is 10.4. The zero-order valence-electron chi connectivity index (χ0n) is 19.2. The molecule has 11 heteroatoms. The Kier molecular flexibility index (Phi) is 9.42. The van der Waals surface area contributed by atoms with Gasteiger partial charge < -0.3 is 15.4 Å². The van der Waals surface area contributed by atoms with Crippen molar-refractivity contribution in [3.8, 4) is 0 Å². The highest BCUT2D eigenvalue weighted by atomic mass is 32.2. The summed E-state index contributed by atoms with van der Waals surface area (Å²) in [6.07, 6.45) is 0.925. The number of aryl methyl sites for hydroxylation is 1. The van der Waals surface area contributed by atoms with Crippen LogP contribution in [0.3, 0.4) is 0 Å². The number of nitrogens with one attached hydrogen (secondary N) is 1. The van der Waals surface area contributed by atoms with Gasteiger partial charge in [-0.3, -0.25) is 19.1 Å². The molecule has 1 amide bonds. The molecule has 0 aliphatic carbocycles. The Bertz CT molecular complexity index is 1160. The number of H-pyrrole nitrogens is 1. The quantitative estimate of drug-likeness (QED) is 0.457. The van der Waals surface area contributed by atoms with Crippen LogP contribution >= 0.6 is 0 Å². The van der Waals surface area contributed by atoms with Crippen molar-refractivity contribution >= 4 is 27.2 Å². The van der Waals surface area contributed by atoms with E-state index in [-0.39, 0.29) is 42.9 Å². The minimum Gasteiger partial charge on any atom is -0.383 e. The molecule has 0 unspecified atom stereocenters. The molecule has 3 N–H and O–H groups in total. The first kappa shape index (κ1) is 26.3. The van der Waals surface area contributed by atoms with E-state index in [0.29, 0.717) is 12.8 Å².